The molecule has 2 aliphatic heterocycles. The van der Waals surface area contributed by atoms with Crippen LogP contribution >= 0.6 is 0 Å². The maximum absolute atomic E-state index is 13.0. The van der Waals surface area contributed by atoms with Gasteiger partial charge in [-0.2, -0.15) is 0 Å². The lowest BCUT2D eigenvalue weighted by Gasteiger charge is -2.42. The summed E-state index contributed by atoms with van der Waals surface area (Å²) in [6, 6.07) is 8.86. The second-order valence-electron chi connectivity index (χ2n) is 6.33. The molecule has 2 heterocycles. The molecule has 6 nitrogen and oxygen atoms in total. The molecule has 1 aromatic rings. The molecule has 2 fully saturated rings. The molecule has 2 saturated heterocycles. The van der Waals surface area contributed by atoms with Crippen LogP contribution in [0, 0.1) is 0 Å². The van der Waals surface area contributed by atoms with Gasteiger partial charge >= 0.3 is 0 Å². The average Bonchev–Trinajstić information content (AvgIpc) is 2.90. The summed E-state index contributed by atoms with van der Waals surface area (Å²) in [4.78, 5) is 15.2. The van der Waals surface area contributed by atoms with Gasteiger partial charge < -0.3 is 4.90 Å². The van der Waals surface area contributed by atoms with Gasteiger partial charge in [0, 0.05) is 31.7 Å². The summed E-state index contributed by atoms with van der Waals surface area (Å²) in [5, 5.41) is 3.74. The van der Waals surface area contributed by atoms with Gasteiger partial charge in [0.05, 0.1) is 17.5 Å². The number of rotatable bonds is 3. The zero-order chi connectivity index (χ0) is 16.4. The van der Waals surface area contributed by atoms with E-state index in [9.17, 15) is 13.2 Å². The van der Waals surface area contributed by atoms with Gasteiger partial charge in [0.25, 0.3) is 5.91 Å². The minimum absolute atomic E-state index is 0.0674. The molecule has 1 amide bonds. The predicted octanol–water partition coefficient (Wildman–Crippen LogP) is 0.478. The number of piperazine rings is 1. The van der Waals surface area contributed by atoms with Crippen LogP contribution < -0.4 is 0 Å². The van der Waals surface area contributed by atoms with Crippen molar-refractivity contribution in [1.82, 2.24) is 14.9 Å². The van der Waals surface area contributed by atoms with Crippen molar-refractivity contribution in [2.45, 2.75) is 12.5 Å². The van der Waals surface area contributed by atoms with Gasteiger partial charge in [0.1, 0.15) is 0 Å². The number of amides is 1. The Labute approximate surface area is 137 Å². The van der Waals surface area contributed by atoms with E-state index in [4.69, 9.17) is 0 Å². The number of hydrogen-bond acceptors (Lipinski definition) is 5. The van der Waals surface area contributed by atoms with Gasteiger partial charge in [-0.1, -0.05) is 18.2 Å². The lowest BCUT2D eigenvalue weighted by atomic mass is 10.1. The SMILES string of the molecule is CN1CCN(N(C(=O)c2ccccc2)C2CCS(=O)(=O)C2)CC1. The Morgan fingerprint density at radius 1 is 1.13 bits per heavy atom. The van der Waals surface area contributed by atoms with E-state index in [1.165, 1.54) is 0 Å². The number of benzene rings is 1. The number of hydrogen-bond donors (Lipinski definition) is 0. The highest BCUT2D eigenvalue weighted by Gasteiger charge is 2.38. The van der Waals surface area contributed by atoms with Crippen LogP contribution in [-0.4, -0.2) is 80.0 Å². The summed E-state index contributed by atoms with van der Waals surface area (Å²) in [6.07, 6.45) is 0.521. The normalized spacial score (nSPS) is 25.3. The van der Waals surface area contributed by atoms with Crippen molar-refractivity contribution in [2.24, 2.45) is 0 Å². The third-order valence-corrected chi connectivity index (χ3v) is 6.32. The molecule has 0 bridgehead atoms. The Balaban J connectivity index is 1.86. The smallest absolute Gasteiger partial charge is 0.268 e. The van der Waals surface area contributed by atoms with Crippen molar-refractivity contribution in [3.63, 3.8) is 0 Å². The van der Waals surface area contributed by atoms with Gasteiger partial charge in [-0.15, -0.1) is 0 Å². The van der Waals surface area contributed by atoms with Crippen LogP contribution in [0.5, 0.6) is 0 Å². The fourth-order valence-corrected chi connectivity index (χ4v) is 4.91. The van der Waals surface area contributed by atoms with E-state index in [1.54, 1.807) is 17.1 Å². The van der Waals surface area contributed by atoms with Gasteiger partial charge in [-0.3, -0.25) is 9.80 Å². The third kappa shape index (κ3) is 3.73. The molecule has 0 aromatic heterocycles. The second kappa shape index (κ2) is 6.59. The first kappa shape index (κ1) is 16.4. The Morgan fingerprint density at radius 2 is 1.78 bits per heavy atom. The fourth-order valence-electron chi connectivity index (χ4n) is 3.22. The van der Waals surface area contributed by atoms with Crippen LogP contribution in [-0.2, 0) is 9.84 Å². The van der Waals surface area contributed by atoms with Crippen LogP contribution in [0.3, 0.4) is 0 Å². The number of hydrazine groups is 1. The Hall–Kier alpha value is -1.44. The number of likely N-dealkylation sites (N-methyl/N-ethyl adjacent to an activating group) is 1. The fraction of sp³-hybridized carbons (Fsp3) is 0.562. The summed E-state index contributed by atoms with van der Waals surface area (Å²) in [7, 11) is -0.980. The third-order valence-electron chi connectivity index (χ3n) is 4.57. The van der Waals surface area contributed by atoms with Gasteiger partial charge in [0.2, 0.25) is 0 Å². The molecule has 0 saturated carbocycles. The molecule has 0 N–H and O–H groups in total. The Bertz CT molecular complexity index is 654. The van der Waals surface area contributed by atoms with E-state index in [0.29, 0.717) is 12.0 Å². The van der Waals surface area contributed by atoms with Gasteiger partial charge in [0.15, 0.2) is 9.84 Å². The maximum atomic E-state index is 13.0. The van der Waals surface area contributed by atoms with E-state index >= 15 is 0 Å². The molecule has 0 radical (unpaired) electrons. The lowest BCUT2D eigenvalue weighted by molar-refractivity contribution is -0.0525. The summed E-state index contributed by atoms with van der Waals surface area (Å²) in [5.74, 6) is 0.138. The van der Waals surface area contributed by atoms with Crippen molar-refractivity contribution >= 4 is 15.7 Å². The average molecular weight is 337 g/mol. The largest absolute Gasteiger partial charge is 0.304 e. The highest BCUT2D eigenvalue weighted by Crippen LogP contribution is 2.22. The van der Waals surface area contributed by atoms with Crippen LogP contribution in [0.15, 0.2) is 30.3 Å². The monoisotopic (exact) mass is 337 g/mol. The topological polar surface area (TPSA) is 60.9 Å². The summed E-state index contributed by atoms with van der Waals surface area (Å²) in [5.41, 5.74) is 0.607. The number of carbonyl (C=O) groups excluding carboxylic acids is 1. The van der Waals surface area contributed by atoms with Crippen molar-refractivity contribution in [3.05, 3.63) is 35.9 Å². The van der Waals surface area contributed by atoms with Crippen molar-refractivity contribution in [2.75, 3.05) is 44.7 Å². The Kier molecular flexibility index (Phi) is 4.70. The molecule has 1 aromatic carbocycles. The first-order chi connectivity index (χ1) is 11.0. The van der Waals surface area contributed by atoms with Crippen molar-refractivity contribution in [3.8, 4) is 0 Å². The summed E-state index contributed by atoms with van der Waals surface area (Å²) in [6.45, 7) is 3.23. The van der Waals surface area contributed by atoms with Crippen molar-refractivity contribution < 1.29 is 13.2 Å². The van der Waals surface area contributed by atoms with Crippen molar-refractivity contribution in [1.29, 1.82) is 0 Å². The lowest BCUT2D eigenvalue weighted by Crippen LogP contribution is -2.58. The van der Waals surface area contributed by atoms with E-state index in [2.05, 4.69) is 11.9 Å². The van der Waals surface area contributed by atoms with Crippen LogP contribution in [0.25, 0.3) is 0 Å². The molecule has 126 valence electrons. The minimum atomic E-state index is -3.04. The molecule has 2 aliphatic rings. The second-order valence-corrected chi connectivity index (χ2v) is 8.56. The zero-order valence-electron chi connectivity index (χ0n) is 13.4. The molecular formula is C16H23N3O3S. The number of nitrogens with zero attached hydrogens (tertiary/aromatic N) is 3. The maximum Gasteiger partial charge on any atom is 0.268 e. The van der Waals surface area contributed by atoms with E-state index < -0.39 is 9.84 Å². The van der Waals surface area contributed by atoms with Crippen LogP contribution in [0.2, 0.25) is 0 Å². The van der Waals surface area contributed by atoms with Gasteiger partial charge in [-0.05, 0) is 25.6 Å². The van der Waals surface area contributed by atoms with E-state index in [0.717, 1.165) is 26.2 Å². The van der Waals surface area contributed by atoms with Gasteiger partial charge in [-0.25, -0.2) is 13.4 Å². The summed E-state index contributed by atoms with van der Waals surface area (Å²) >= 11 is 0. The standard InChI is InChI=1S/C16H23N3O3S/c1-17-8-10-18(11-9-17)19(15-7-12-23(21,22)13-15)16(20)14-5-3-2-4-6-14/h2-6,15H,7-13H2,1H3. The highest BCUT2D eigenvalue weighted by molar-refractivity contribution is 7.91. The quantitative estimate of drug-likeness (QED) is 0.803. The molecule has 1 unspecified atom stereocenters. The molecule has 23 heavy (non-hydrogen) atoms. The summed E-state index contributed by atoms with van der Waals surface area (Å²) < 4.78 is 23.7. The van der Waals surface area contributed by atoms with E-state index in [-0.39, 0.29) is 23.5 Å². The molecule has 0 aliphatic carbocycles. The molecule has 1 atom stereocenters. The van der Waals surface area contributed by atoms with Crippen LogP contribution in [0.1, 0.15) is 16.8 Å². The Morgan fingerprint density at radius 3 is 2.35 bits per heavy atom. The molecule has 0 spiro atoms. The zero-order valence-corrected chi connectivity index (χ0v) is 14.2. The van der Waals surface area contributed by atoms with E-state index in [1.807, 2.05) is 23.2 Å². The highest BCUT2D eigenvalue weighted by atomic mass is 32.2. The first-order valence-electron chi connectivity index (χ1n) is 7.99. The molecule has 7 heteroatoms. The minimum Gasteiger partial charge on any atom is -0.304 e. The van der Waals surface area contributed by atoms with Crippen LogP contribution in [0.4, 0.5) is 0 Å². The number of carbonyl (C=O) groups is 1. The molecular weight excluding hydrogens is 314 g/mol. The molecule has 3 rings (SSSR count). The first-order valence-corrected chi connectivity index (χ1v) is 9.81. The predicted molar refractivity (Wildman–Crippen MR) is 88.7 cm³/mol. The number of sulfone groups is 1.